The molecule has 0 saturated carbocycles. The van der Waals surface area contributed by atoms with E-state index in [1.165, 1.54) is 16.7 Å². The van der Waals surface area contributed by atoms with Gasteiger partial charge in [0.05, 0.1) is 26.8 Å². The highest BCUT2D eigenvalue weighted by molar-refractivity contribution is 7.07. The van der Waals surface area contributed by atoms with E-state index in [0.29, 0.717) is 38.5 Å². The van der Waals surface area contributed by atoms with E-state index in [2.05, 4.69) is 4.99 Å². The Kier molecular flexibility index (Phi) is 8.47. The molecule has 45 heavy (non-hydrogen) atoms. The van der Waals surface area contributed by atoms with Gasteiger partial charge >= 0.3 is 5.97 Å². The molecule has 1 atom stereocenters. The first-order valence-electron chi connectivity index (χ1n) is 14.1. The number of carbonyl (C=O) groups excluding carboxylic acids is 1. The van der Waals surface area contributed by atoms with Crippen molar-refractivity contribution in [3.63, 3.8) is 0 Å². The average molecular weight is 618 g/mol. The Morgan fingerprint density at radius 1 is 0.933 bits per heavy atom. The first-order chi connectivity index (χ1) is 21.9. The molecule has 1 aliphatic heterocycles. The van der Waals surface area contributed by atoms with E-state index >= 15 is 0 Å². The molecule has 1 unspecified atom stereocenters. The van der Waals surface area contributed by atoms with Gasteiger partial charge in [0, 0.05) is 12.1 Å². The number of nitro benzene ring substituents is 1. The van der Waals surface area contributed by atoms with Crippen LogP contribution in [-0.2, 0) is 22.7 Å². The van der Waals surface area contributed by atoms with Gasteiger partial charge in [0.15, 0.2) is 4.80 Å². The Bertz CT molecular complexity index is 2090. The number of thiazole rings is 1. The molecule has 4 aromatic carbocycles. The molecule has 9 nitrogen and oxygen atoms in total. The lowest BCUT2D eigenvalue weighted by atomic mass is 9.96. The second kappa shape index (κ2) is 12.9. The van der Waals surface area contributed by atoms with Crippen LogP contribution in [0.5, 0.6) is 5.75 Å². The van der Waals surface area contributed by atoms with Crippen LogP contribution in [0.25, 0.3) is 6.08 Å². The van der Waals surface area contributed by atoms with Gasteiger partial charge in [-0.05, 0) is 47.4 Å². The third-order valence-electron chi connectivity index (χ3n) is 7.28. The maximum Gasteiger partial charge on any atom is 0.338 e. The van der Waals surface area contributed by atoms with E-state index in [9.17, 15) is 19.7 Å². The lowest BCUT2D eigenvalue weighted by Gasteiger charge is -2.25. The molecule has 0 spiro atoms. The SMILES string of the molecule is CC1=C(C(=O)OCc2ccccc2)C(c2ccc(OCc3ccccc3)cc2)n2c(s/c(=C\c3cccc([N+](=O)[O-])c3)c2=O)=N1. The summed E-state index contributed by atoms with van der Waals surface area (Å²) in [4.78, 5) is 43.5. The van der Waals surface area contributed by atoms with Crippen molar-refractivity contribution >= 4 is 29.1 Å². The summed E-state index contributed by atoms with van der Waals surface area (Å²) in [5.74, 6) is 0.0528. The second-order valence-corrected chi connectivity index (χ2v) is 11.3. The average Bonchev–Trinajstić information content (AvgIpc) is 3.36. The summed E-state index contributed by atoms with van der Waals surface area (Å²) in [6.45, 7) is 2.18. The predicted molar refractivity (Wildman–Crippen MR) is 170 cm³/mol. The zero-order valence-corrected chi connectivity index (χ0v) is 25.0. The summed E-state index contributed by atoms with van der Waals surface area (Å²) in [6.07, 6.45) is 1.60. The highest BCUT2D eigenvalue weighted by Gasteiger charge is 2.33. The standard InChI is InChI=1S/C35H27N3O6S/c1-23-31(34(40)44-22-25-11-6-3-7-12-25)32(27-15-17-29(18-16-27)43-21-24-9-4-2-5-10-24)37-33(39)30(45-35(37)36-23)20-26-13-8-14-28(19-26)38(41)42/h2-20,32H,21-22H2,1H3/b30-20-. The molecule has 5 aromatic rings. The number of non-ortho nitro benzene ring substituents is 1. The lowest BCUT2D eigenvalue weighted by molar-refractivity contribution is -0.384. The molecule has 1 aliphatic rings. The topological polar surface area (TPSA) is 113 Å². The summed E-state index contributed by atoms with van der Waals surface area (Å²) >= 11 is 1.15. The van der Waals surface area contributed by atoms with Gasteiger partial charge in [0.2, 0.25) is 0 Å². The lowest BCUT2D eigenvalue weighted by Crippen LogP contribution is -2.39. The van der Waals surface area contributed by atoms with Crippen molar-refractivity contribution < 1.29 is 19.2 Å². The molecule has 0 bridgehead atoms. The maximum atomic E-state index is 13.9. The number of fused-ring (bicyclic) bond motifs is 1. The van der Waals surface area contributed by atoms with Crippen LogP contribution in [0.15, 0.2) is 130 Å². The van der Waals surface area contributed by atoms with E-state index in [1.807, 2.05) is 72.8 Å². The van der Waals surface area contributed by atoms with Crippen molar-refractivity contribution in [2.24, 2.45) is 4.99 Å². The van der Waals surface area contributed by atoms with Crippen LogP contribution in [0, 0.1) is 10.1 Å². The quantitative estimate of drug-likeness (QED) is 0.123. The van der Waals surface area contributed by atoms with Gasteiger partial charge in [-0.1, -0.05) is 96.3 Å². The fraction of sp³-hybridized carbons (Fsp3) is 0.114. The number of ether oxygens (including phenoxy) is 2. The molecular formula is C35H27N3O6S. The van der Waals surface area contributed by atoms with Crippen molar-refractivity contribution in [1.82, 2.24) is 4.57 Å². The van der Waals surface area contributed by atoms with E-state index in [4.69, 9.17) is 9.47 Å². The number of benzene rings is 4. The largest absolute Gasteiger partial charge is 0.489 e. The molecule has 0 aliphatic carbocycles. The van der Waals surface area contributed by atoms with Gasteiger partial charge in [-0.2, -0.15) is 0 Å². The van der Waals surface area contributed by atoms with Gasteiger partial charge in [-0.25, -0.2) is 9.79 Å². The predicted octanol–water partition coefficient (Wildman–Crippen LogP) is 5.47. The molecular weight excluding hydrogens is 590 g/mol. The van der Waals surface area contributed by atoms with Gasteiger partial charge in [-0.15, -0.1) is 0 Å². The van der Waals surface area contributed by atoms with Gasteiger partial charge < -0.3 is 9.47 Å². The van der Waals surface area contributed by atoms with Crippen LogP contribution in [-0.4, -0.2) is 15.5 Å². The summed E-state index contributed by atoms with van der Waals surface area (Å²) in [7, 11) is 0. The van der Waals surface area contributed by atoms with Crippen molar-refractivity contribution in [2.45, 2.75) is 26.2 Å². The van der Waals surface area contributed by atoms with Gasteiger partial charge in [0.1, 0.15) is 19.0 Å². The van der Waals surface area contributed by atoms with Crippen molar-refractivity contribution in [3.05, 3.63) is 173 Å². The van der Waals surface area contributed by atoms with E-state index in [1.54, 1.807) is 37.3 Å². The molecule has 10 heteroatoms. The second-order valence-electron chi connectivity index (χ2n) is 10.3. The van der Waals surface area contributed by atoms with Crippen LogP contribution >= 0.6 is 11.3 Å². The van der Waals surface area contributed by atoms with Crippen LogP contribution in [0.2, 0.25) is 0 Å². The molecule has 0 saturated heterocycles. The Labute approximate surface area is 261 Å². The number of aromatic nitrogens is 1. The molecule has 6 rings (SSSR count). The molecule has 224 valence electrons. The first-order valence-corrected chi connectivity index (χ1v) is 14.9. The summed E-state index contributed by atoms with van der Waals surface area (Å²) < 4.78 is 13.5. The van der Waals surface area contributed by atoms with Crippen LogP contribution in [0.4, 0.5) is 5.69 Å². The molecule has 0 fully saturated rings. The minimum atomic E-state index is -0.819. The highest BCUT2D eigenvalue weighted by Crippen LogP contribution is 2.32. The minimum absolute atomic E-state index is 0.0621. The summed E-state index contributed by atoms with van der Waals surface area (Å²) in [5, 5.41) is 11.3. The Morgan fingerprint density at radius 3 is 2.27 bits per heavy atom. The summed E-state index contributed by atoms with van der Waals surface area (Å²) in [5.41, 5.74) is 3.26. The van der Waals surface area contributed by atoms with Gasteiger partial charge in [0.25, 0.3) is 11.2 Å². The third kappa shape index (κ3) is 6.51. The van der Waals surface area contributed by atoms with Crippen molar-refractivity contribution in [2.75, 3.05) is 0 Å². The molecule has 0 radical (unpaired) electrons. The smallest absolute Gasteiger partial charge is 0.338 e. The minimum Gasteiger partial charge on any atom is -0.489 e. The maximum absolute atomic E-state index is 13.9. The third-order valence-corrected chi connectivity index (χ3v) is 8.26. The molecule has 0 N–H and O–H groups in total. The fourth-order valence-corrected chi connectivity index (χ4v) is 6.11. The van der Waals surface area contributed by atoms with Crippen LogP contribution in [0.1, 0.15) is 35.2 Å². The number of nitro groups is 1. The molecule has 1 aromatic heterocycles. The number of allylic oxidation sites excluding steroid dienone is 1. The monoisotopic (exact) mass is 617 g/mol. The zero-order valence-electron chi connectivity index (χ0n) is 24.2. The zero-order chi connectivity index (χ0) is 31.3. The van der Waals surface area contributed by atoms with E-state index in [0.717, 1.165) is 22.5 Å². The molecule has 2 heterocycles. The van der Waals surface area contributed by atoms with Crippen LogP contribution < -0.4 is 19.6 Å². The fourth-order valence-electron chi connectivity index (χ4n) is 5.07. The van der Waals surface area contributed by atoms with Crippen molar-refractivity contribution in [1.29, 1.82) is 0 Å². The number of carbonyl (C=O) groups is 1. The number of hydrogen-bond acceptors (Lipinski definition) is 8. The highest BCUT2D eigenvalue weighted by atomic mass is 32.1. The first kappa shape index (κ1) is 29.5. The normalized spacial score (nSPS) is 14.4. The number of hydrogen-bond donors (Lipinski definition) is 0. The Morgan fingerprint density at radius 2 is 1.60 bits per heavy atom. The Balaban J connectivity index is 1.39. The van der Waals surface area contributed by atoms with Gasteiger partial charge in [-0.3, -0.25) is 19.5 Å². The molecule has 0 amide bonds. The number of rotatable bonds is 9. The Hall–Kier alpha value is -5.61. The number of esters is 1. The van der Waals surface area contributed by atoms with Crippen molar-refractivity contribution in [3.8, 4) is 5.75 Å². The summed E-state index contributed by atoms with van der Waals surface area (Å²) in [6, 6.07) is 31.6. The van der Waals surface area contributed by atoms with E-state index < -0.39 is 16.9 Å². The number of nitrogens with zero attached hydrogens (tertiary/aromatic N) is 3. The van der Waals surface area contributed by atoms with Crippen LogP contribution in [0.3, 0.4) is 0 Å². The van der Waals surface area contributed by atoms with E-state index in [-0.39, 0.29) is 23.4 Å².